The van der Waals surface area contributed by atoms with Crippen LogP contribution in [0.4, 0.5) is 0 Å². The summed E-state index contributed by atoms with van der Waals surface area (Å²) in [5.41, 5.74) is 1.80. The molecule has 2 N–H and O–H groups in total. The lowest BCUT2D eigenvalue weighted by atomic mass is 10.0. The van der Waals surface area contributed by atoms with E-state index in [9.17, 15) is 19.2 Å². The van der Waals surface area contributed by atoms with E-state index in [1.807, 2.05) is 12.1 Å². The lowest BCUT2D eigenvalue weighted by Gasteiger charge is -2.16. The minimum Gasteiger partial charge on any atom is -0.493 e. The molecule has 0 aliphatic carbocycles. The molecule has 2 heterocycles. The standard InChI is InChI=1S/C31H33Cl2NO10S/c1-15(30(37)38)8-20(35)23-12-19-25(32)28(27(42-4)26(33)29(19)45-23)44-7-5-6-43-22-11-18-14-34(13-17(18)10-21(22)41-3)24(36)9-16(2)31(39)40/h10-12,15-16H,5-9,13-14H2,1-4H3,(H,37,38)(H,39,40)/t15-,16-/m0/s1. The number of nitrogens with zero attached hydrogens (tertiary/aromatic N) is 1. The average molecular weight is 683 g/mol. The number of rotatable bonds is 15. The lowest BCUT2D eigenvalue weighted by molar-refractivity contribution is -0.145. The summed E-state index contributed by atoms with van der Waals surface area (Å²) in [5.74, 6) is -2.80. The summed E-state index contributed by atoms with van der Waals surface area (Å²) in [5, 5.41) is 19.2. The van der Waals surface area contributed by atoms with E-state index in [4.69, 9.17) is 52.4 Å². The first kappa shape index (κ1) is 34.1. The minimum atomic E-state index is -1.06. The van der Waals surface area contributed by atoms with Crippen molar-refractivity contribution in [2.75, 3.05) is 27.4 Å². The number of amides is 1. The number of halogens is 2. The topological polar surface area (TPSA) is 149 Å². The van der Waals surface area contributed by atoms with Crippen LogP contribution in [0.3, 0.4) is 0 Å². The molecule has 0 saturated heterocycles. The molecule has 3 aromatic rings. The number of carbonyl (C=O) groups excluding carboxylic acids is 2. The number of carboxylic acid groups (broad SMARTS) is 2. The van der Waals surface area contributed by atoms with E-state index in [-0.39, 0.29) is 59.3 Å². The quantitative estimate of drug-likeness (QED) is 0.138. The molecule has 0 spiro atoms. The molecule has 0 radical (unpaired) electrons. The normalized spacial score (nSPS) is 13.7. The number of benzene rings is 2. The number of methoxy groups -OCH3 is 2. The fourth-order valence-corrected chi connectivity index (χ4v) is 6.58. The molecule has 242 valence electrons. The van der Waals surface area contributed by atoms with E-state index < -0.39 is 23.8 Å². The molecule has 45 heavy (non-hydrogen) atoms. The zero-order valence-electron chi connectivity index (χ0n) is 25.1. The smallest absolute Gasteiger partial charge is 0.306 e. The van der Waals surface area contributed by atoms with Crippen LogP contribution in [0.15, 0.2) is 18.2 Å². The van der Waals surface area contributed by atoms with E-state index in [1.165, 1.54) is 28.1 Å². The summed E-state index contributed by atoms with van der Waals surface area (Å²) < 4.78 is 23.5. The van der Waals surface area contributed by atoms with Crippen molar-refractivity contribution in [2.45, 2.75) is 46.2 Å². The van der Waals surface area contributed by atoms with Crippen LogP contribution >= 0.6 is 34.5 Å². The monoisotopic (exact) mass is 681 g/mol. The van der Waals surface area contributed by atoms with Gasteiger partial charge in [-0.2, -0.15) is 0 Å². The number of thiophene rings is 1. The minimum absolute atomic E-state index is 0.0749. The summed E-state index contributed by atoms with van der Waals surface area (Å²) in [4.78, 5) is 49.6. The zero-order chi connectivity index (χ0) is 33.0. The number of carbonyl (C=O) groups is 4. The summed E-state index contributed by atoms with van der Waals surface area (Å²) in [6.45, 7) is 4.12. The van der Waals surface area contributed by atoms with Crippen LogP contribution in [0, 0.1) is 11.8 Å². The average Bonchev–Trinajstić information content (AvgIpc) is 3.64. The van der Waals surface area contributed by atoms with Gasteiger partial charge in [0.2, 0.25) is 5.91 Å². The van der Waals surface area contributed by atoms with Crippen molar-refractivity contribution in [2.24, 2.45) is 11.8 Å². The fraction of sp³-hybridized carbons (Fsp3) is 0.419. The molecule has 0 fully saturated rings. The molecule has 14 heteroatoms. The zero-order valence-corrected chi connectivity index (χ0v) is 27.4. The van der Waals surface area contributed by atoms with Gasteiger partial charge in [-0.05, 0) is 29.3 Å². The van der Waals surface area contributed by atoms with E-state index >= 15 is 0 Å². The number of fused-ring (bicyclic) bond motifs is 2. The number of aliphatic carboxylic acids is 2. The number of Topliss-reactive ketones (excluding diaryl/α,β-unsaturated/α-hetero) is 1. The number of carboxylic acids is 2. The Morgan fingerprint density at radius 3 is 2.04 bits per heavy atom. The van der Waals surface area contributed by atoms with Gasteiger partial charge in [0.1, 0.15) is 5.02 Å². The van der Waals surface area contributed by atoms with Crippen LogP contribution in [-0.2, 0) is 27.5 Å². The third kappa shape index (κ3) is 7.57. The fourth-order valence-electron chi connectivity index (χ4n) is 4.80. The Morgan fingerprint density at radius 2 is 1.44 bits per heavy atom. The van der Waals surface area contributed by atoms with Gasteiger partial charge >= 0.3 is 11.9 Å². The van der Waals surface area contributed by atoms with Crippen molar-refractivity contribution in [3.8, 4) is 23.0 Å². The maximum Gasteiger partial charge on any atom is 0.306 e. The molecule has 2 aromatic carbocycles. The third-order valence-corrected chi connectivity index (χ3v) is 9.46. The maximum atomic E-state index is 12.7. The highest BCUT2D eigenvalue weighted by molar-refractivity contribution is 7.21. The van der Waals surface area contributed by atoms with Crippen molar-refractivity contribution >= 4 is 68.3 Å². The van der Waals surface area contributed by atoms with Gasteiger partial charge in [0, 0.05) is 37.7 Å². The predicted molar refractivity (Wildman–Crippen MR) is 168 cm³/mol. The van der Waals surface area contributed by atoms with Crippen molar-refractivity contribution < 1.29 is 48.3 Å². The molecule has 0 bridgehead atoms. The van der Waals surface area contributed by atoms with E-state index in [2.05, 4.69) is 0 Å². The van der Waals surface area contributed by atoms with Crippen molar-refractivity contribution in [3.05, 3.63) is 44.2 Å². The number of hydrogen-bond acceptors (Lipinski definition) is 9. The maximum absolute atomic E-state index is 12.7. The Balaban J connectivity index is 1.40. The van der Waals surface area contributed by atoms with Crippen LogP contribution in [-0.4, -0.2) is 66.2 Å². The van der Waals surface area contributed by atoms with Crippen LogP contribution in [0.1, 0.15) is 53.9 Å². The van der Waals surface area contributed by atoms with Gasteiger partial charge in [-0.15, -0.1) is 11.3 Å². The SMILES string of the molecule is COc1cc2c(cc1OCCCOc1c(OC)c(Cl)c3sc(C(=O)C[C@H](C)C(=O)O)cc3c1Cl)CN(C(=O)C[C@H](C)C(=O)O)C2. The van der Waals surface area contributed by atoms with E-state index in [0.29, 0.717) is 46.0 Å². The largest absolute Gasteiger partial charge is 0.493 e. The highest BCUT2D eigenvalue weighted by atomic mass is 35.5. The van der Waals surface area contributed by atoms with Crippen LogP contribution in [0.2, 0.25) is 10.0 Å². The highest BCUT2D eigenvalue weighted by Crippen LogP contribution is 2.50. The number of ketones is 1. The first-order valence-corrected chi connectivity index (χ1v) is 15.6. The summed E-state index contributed by atoms with van der Waals surface area (Å²) in [6, 6.07) is 5.23. The Bertz CT molecular complexity index is 1640. The summed E-state index contributed by atoms with van der Waals surface area (Å²) in [6.07, 6.45) is 0.206. The molecule has 1 amide bonds. The van der Waals surface area contributed by atoms with Gasteiger partial charge in [-0.25, -0.2) is 0 Å². The third-order valence-electron chi connectivity index (χ3n) is 7.42. The number of ether oxygens (including phenoxy) is 4. The highest BCUT2D eigenvalue weighted by Gasteiger charge is 2.28. The molecular formula is C31H33Cl2NO10S. The molecule has 0 unspecified atom stereocenters. The van der Waals surface area contributed by atoms with E-state index in [0.717, 1.165) is 22.5 Å². The van der Waals surface area contributed by atoms with E-state index in [1.54, 1.807) is 11.0 Å². The van der Waals surface area contributed by atoms with Gasteiger partial charge in [-0.1, -0.05) is 37.0 Å². The van der Waals surface area contributed by atoms with Gasteiger partial charge in [0.25, 0.3) is 0 Å². The lowest BCUT2D eigenvalue weighted by Crippen LogP contribution is -2.28. The second-order valence-corrected chi connectivity index (χ2v) is 12.5. The predicted octanol–water partition coefficient (Wildman–Crippen LogP) is 6.32. The molecule has 4 rings (SSSR count). The first-order chi connectivity index (χ1) is 21.4. The van der Waals surface area contributed by atoms with Gasteiger partial charge < -0.3 is 34.1 Å². The summed E-state index contributed by atoms with van der Waals surface area (Å²) >= 11 is 14.4. The van der Waals surface area contributed by atoms with Crippen molar-refractivity contribution in [1.82, 2.24) is 4.90 Å². The first-order valence-electron chi connectivity index (χ1n) is 14.1. The van der Waals surface area contributed by atoms with Crippen LogP contribution in [0.25, 0.3) is 10.1 Å². The van der Waals surface area contributed by atoms with Crippen molar-refractivity contribution in [3.63, 3.8) is 0 Å². The Hall–Kier alpha value is -3.74. The van der Waals surface area contributed by atoms with Gasteiger partial charge in [-0.3, -0.25) is 19.2 Å². The van der Waals surface area contributed by atoms with Crippen molar-refractivity contribution in [1.29, 1.82) is 0 Å². The molecule has 1 aliphatic rings. The second-order valence-electron chi connectivity index (χ2n) is 10.7. The molecule has 2 atom stereocenters. The van der Waals surface area contributed by atoms with Gasteiger partial charge in [0.15, 0.2) is 28.8 Å². The second kappa shape index (κ2) is 14.6. The Labute approximate surface area is 273 Å². The Morgan fingerprint density at radius 1 is 0.844 bits per heavy atom. The molecular weight excluding hydrogens is 649 g/mol. The Kier molecular flexibility index (Phi) is 11.1. The van der Waals surface area contributed by atoms with Crippen LogP contribution < -0.4 is 18.9 Å². The summed E-state index contributed by atoms with van der Waals surface area (Å²) in [7, 11) is 2.95. The van der Waals surface area contributed by atoms with Gasteiger partial charge in [0.05, 0.1) is 53.9 Å². The van der Waals surface area contributed by atoms with Crippen LogP contribution in [0.5, 0.6) is 23.0 Å². The molecule has 1 aliphatic heterocycles. The molecule has 1 aromatic heterocycles. The molecule has 0 saturated carbocycles. The molecule has 11 nitrogen and oxygen atoms in total. The number of hydrogen-bond donors (Lipinski definition) is 2.